The lowest BCUT2D eigenvalue weighted by molar-refractivity contribution is -0.124. The van der Waals surface area contributed by atoms with Crippen LogP contribution in [-0.4, -0.2) is 46.1 Å². The summed E-state index contributed by atoms with van der Waals surface area (Å²) in [5.41, 5.74) is 0. The summed E-state index contributed by atoms with van der Waals surface area (Å²) in [5, 5.41) is 33.0. The Hall–Kier alpha value is -1.43. The molecule has 5 nitrogen and oxygen atoms in total. The van der Waals surface area contributed by atoms with E-state index < -0.39 is 18.2 Å². The maximum atomic E-state index is 12.4. The number of hydrogen-bond donors (Lipinski definition) is 4. The fraction of sp³-hybridized carbons (Fsp3) is 0.821. The predicted octanol–water partition coefficient (Wildman–Crippen LogP) is 10.0. The topological polar surface area (TPSA) is 89.8 Å². The molecule has 0 aliphatic rings. The zero-order chi connectivity index (χ0) is 32.4. The number of aliphatic hydroxyl groups is 3. The number of amides is 1. The lowest BCUT2D eigenvalue weighted by Gasteiger charge is -2.20. The lowest BCUT2D eigenvalue weighted by Crippen LogP contribution is -2.45. The number of carbonyl (C=O) groups is 1. The molecule has 3 atom stereocenters. The van der Waals surface area contributed by atoms with E-state index in [-0.39, 0.29) is 18.9 Å². The van der Waals surface area contributed by atoms with E-state index >= 15 is 0 Å². The van der Waals surface area contributed by atoms with Crippen molar-refractivity contribution in [2.45, 2.75) is 199 Å². The Labute approximate surface area is 273 Å². The first-order chi connectivity index (χ1) is 21.5. The second kappa shape index (κ2) is 34.4. The van der Waals surface area contributed by atoms with E-state index in [4.69, 9.17) is 0 Å². The normalized spacial score (nSPS) is 14.2. The number of nitrogens with one attached hydrogen (secondary N) is 1. The summed E-state index contributed by atoms with van der Waals surface area (Å²) in [6.45, 7) is 4.17. The van der Waals surface area contributed by atoms with Gasteiger partial charge in [-0.1, -0.05) is 153 Å². The fourth-order valence-electron chi connectivity index (χ4n) is 5.47. The third kappa shape index (κ3) is 30.6. The molecule has 0 saturated carbocycles. The number of allylic oxidation sites excluding steroid dienone is 5. The van der Waals surface area contributed by atoms with Crippen LogP contribution in [0.4, 0.5) is 0 Å². The van der Waals surface area contributed by atoms with Gasteiger partial charge in [0.2, 0.25) is 5.91 Å². The smallest absolute Gasteiger partial charge is 0.222 e. The van der Waals surface area contributed by atoms with E-state index in [1.807, 2.05) is 6.08 Å². The van der Waals surface area contributed by atoms with Crippen molar-refractivity contribution < 1.29 is 20.1 Å². The summed E-state index contributed by atoms with van der Waals surface area (Å²) in [6, 6.07) is -0.763. The van der Waals surface area contributed by atoms with Crippen molar-refractivity contribution >= 4 is 5.91 Å². The average Bonchev–Trinajstić information content (AvgIpc) is 3.01. The molecule has 0 aliphatic carbocycles. The maximum absolute atomic E-state index is 12.4. The summed E-state index contributed by atoms with van der Waals surface area (Å²) < 4.78 is 0. The van der Waals surface area contributed by atoms with E-state index in [0.717, 1.165) is 44.9 Å². The van der Waals surface area contributed by atoms with Crippen molar-refractivity contribution in [3.8, 4) is 0 Å². The molecule has 0 heterocycles. The number of aliphatic hydroxyl groups excluding tert-OH is 3. The molecule has 0 bridgehead atoms. The predicted molar refractivity (Wildman–Crippen MR) is 190 cm³/mol. The number of carbonyl (C=O) groups excluding carboxylic acids is 1. The molecule has 0 radical (unpaired) electrons. The van der Waals surface area contributed by atoms with Gasteiger partial charge in [0.25, 0.3) is 0 Å². The standard InChI is InChI=1S/C39H73NO4/c1-3-5-7-9-11-13-15-17-18-19-21-22-24-26-28-30-32-36(42)34-39(44)40-37(35-41)38(43)33-31-29-27-25-23-20-16-14-12-10-8-6-4-2/h21-23,25,31,33,36-38,41-43H,3-20,24,26-30,32,34-35H2,1-2H3,(H,40,44)/b22-21-,25-23+,33-31+. The van der Waals surface area contributed by atoms with Gasteiger partial charge in [-0.2, -0.15) is 0 Å². The Morgan fingerprint density at radius 2 is 0.977 bits per heavy atom. The molecular weight excluding hydrogens is 546 g/mol. The highest BCUT2D eigenvalue weighted by molar-refractivity contribution is 5.76. The molecule has 4 N–H and O–H groups in total. The summed E-state index contributed by atoms with van der Waals surface area (Å²) in [6.07, 6.45) is 41.3. The highest BCUT2D eigenvalue weighted by atomic mass is 16.3. The summed E-state index contributed by atoms with van der Waals surface area (Å²) in [7, 11) is 0. The Bertz CT molecular complexity index is 690. The van der Waals surface area contributed by atoms with E-state index in [9.17, 15) is 20.1 Å². The quantitative estimate of drug-likeness (QED) is 0.0435. The Balaban J connectivity index is 3.80. The van der Waals surface area contributed by atoms with Crippen LogP contribution in [-0.2, 0) is 4.79 Å². The van der Waals surface area contributed by atoms with Crippen molar-refractivity contribution in [2.24, 2.45) is 0 Å². The van der Waals surface area contributed by atoms with Crippen LogP contribution in [0.1, 0.15) is 181 Å². The molecule has 0 aliphatic heterocycles. The Morgan fingerprint density at radius 1 is 0.568 bits per heavy atom. The van der Waals surface area contributed by atoms with Gasteiger partial charge >= 0.3 is 0 Å². The number of rotatable bonds is 33. The molecule has 0 aromatic heterocycles. The Kier molecular flexibility index (Phi) is 33.3. The fourth-order valence-corrected chi connectivity index (χ4v) is 5.47. The van der Waals surface area contributed by atoms with Crippen molar-refractivity contribution in [3.63, 3.8) is 0 Å². The number of hydrogen-bond acceptors (Lipinski definition) is 4. The Morgan fingerprint density at radius 3 is 1.45 bits per heavy atom. The van der Waals surface area contributed by atoms with E-state index in [1.54, 1.807) is 6.08 Å². The van der Waals surface area contributed by atoms with Crippen LogP contribution in [0.3, 0.4) is 0 Å². The minimum atomic E-state index is -0.953. The molecule has 3 unspecified atom stereocenters. The van der Waals surface area contributed by atoms with Gasteiger partial charge in [0.1, 0.15) is 0 Å². The monoisotopic (exact) mass is 620 g/mol. The van der Waals surface area contributed by atoms with Gasteiger partial charge in [0.05, 0.1) is 31.3 Å². The third-order valence-electron chi connectivity index (χ3n) is 8.40. The van der Waals surface area contributed by atoms with Crippen molar-refractivity contribution in [2.75, 3.05) is 6.61 Å². The summed E-state index contributed by atoms with van der Waals surface area (Å²) in [4.78, 5) is 12.4. The molecular formula is C39H73NO4. The van der Waals surface area contributed by atoms with Gasteiger partial charge in [-0.05, 0) is 57.8 Å². The molecule has 0 aromatic rings. The van der Waals surface area contributed by atoms with Crippen LogP contribution in [0.15, 0.2) is 36.5 Å². The largest absolute Gasteiger partial charge is 0.394 e. The van der Waals surface area contributed by atoms with Crippen LogP contribution < -0.4 is 5.32 Å². The zero-order valence-electron chi connectivity index (χ0n) is 29.0. The van der Waals surface area contributed by atoms with Gasteiger partial charge in [-0.15, -0.1) is 0 Å². The second-order valence-electron chi connectivity index (χ2n) is 12.8. The molecule has 0 spiro atoms. The first kappa shape index (κ1) is 42.6. The second-order valence-corrected chi connectivity index (χ2v) is 12.8. The third-order valence-corrected chi connectivity index (χ3v) is 8.40. The molecule has 1 amide bonds. The minimum Gasteiger partial charge on any atom is -0.394 e. The molecule has 0 rings (SSSR count). The van der Waals surface area contributed by atoms with E-state index in [2.05, 4.69) is 43.5 Å². The minimum absolute atomic E-state index is 0.00485. The first-order valence-corrected chi connectivity index (χ1v) is 18.8. The van der Waals surface area contributed by atoms with E-state index in [1.165, 1.54) is 109 Å². The zero-order valence-corrected chi connectivity index (χ0v) is 29.0. The van der Waals surface area contributed by atoms with Gasteiger partial charge in [0, 0.05) is 0 Å². The molecule has 0 saturated heterocycles. The molecule has 0 aromatic carbocycles. The van der Waals surface area contributed by atoms with E-state index in [0.29, 0.717) is 6.42 Å². The van der Waals surface area contributed by atoms with Gasteiger partial charge in [-0.3, -0.25) is 4.79 Å². The van der Waals surface area contributed by atoms with Gasteiger partial charge < -0.3 is 20.6 Å². The molecule has 5 heteroatoms. The van der Waals surface area contributed by atoms with Crippen molar-refractivity contribution in [3.05, 3.63) is 36.5 Å². The molecule has 44 heavy (non-hydrogen) atoms. The lowest BCUT2D eigenvalue weighted by atomic mass is 10.0. The van der Waals surface area contributed by atoms with Crippen LogP contribution in [0, 0.1) is 0 Å². The summed E-state index contributed by atoms with van der Waals surface area (Å²) in [5.74, 6) is -0.336. The number of unbranched alkanes of at least 4 members (excludes halogenated alkanes) is 20. The van der Waals surface area contributed by atoms with Gasteiger partial charge in [0.15, 0.2) is 0 Å². The maximum Gasteiger partial charge on any atom is 0.222 e. The van der Waals surface area contributed by atoms with Crippen LogP contribution in [0.5, 0.6) is 0 Å². The first-order valence-electron chi connectivity index (χ1n) is 18.8. The highest BCUT2D eigenvalue weighted by Crippen LogP contribution is 2.13. The molecule has 258 valence electrons. The molecule has 0 fully saturated rings. The SMILES string of the molecule is CCCCCCCCC/C=C/CC/C=C/C(O)C(CO)NC(=O)CC(O)CCCCC/C=C\CCCCCCCCCCC. The summed E-state index contributed by atoms with van der Waals surface area (Å²) >= 11 is 0. The van der Waals surface area contributed by atoms with Crippen molar-refractivity contribution in [1.29, 1.82) is 0 Å². The average molecular weight is 620 g/mol. The van der Waals surface area contributed by atoms with Crippen LogP contribution >= 0.6 is 0 Å². The van der Waals surface area contributed by atoms with Crippen LogP contribution in [0.25, 0.3) is 0 Å². The highest BCUT2D eigenvalue weighted by Gasteiger charge is 2.20. The van der Waals surface area contributed by atoms with Gasteiger partial charge in [-0.25, -0.2) is 0 Å². The van der Waals surface area contributed by atoms with Crippen molar-refractivity contribution in [1.82, 2.24) is 5.32 Å². The van der Waals surface area contributed by atoms with Crippen LogP contribution in [0.2, 0.25) is 0 Å².